The number of aromatic nitrogens is 2. The Labute approximate surface area is 224 Å². The average molecular weight is 528 g/mol. The molecule has 0 radical (unpaired) electrons. The molecule has 39 heavy (non-hydrogen) atoms. The van der Waals surface area contributed by atoms with Crippen molar-refractivity contribution in [2.24, 2.45) is 0 Å². The van der Waals surface area contributed by atoms with Crippen LogP contribution in [0.1, 0.15) is 28.9 Å². The van der Waals surface area contributed by atoms with Gasteiger partial charge in [-0.2, -0.15) is 5.10 Å². The SMILES string of the molecule is COc1ccc([C@@H]2C(C(=O)Nc3ccccc3OC)=C(C)Nc3c(C(=O)Nc4ccc(F)cc4)cnn32)cc1. The van der Waals surface area contributed by atoms with Crippen molar-refractivity contribution in [1.82, 2.24) is 9.78 Å². The standard InChI is InChI=1S/C29H26FN5O4/c1-17-25(29(37)34-23-6-4-5-7-24(23)39-3)26(18-8-14-21(38-2)15-9-18)35-27(32-17)22(16-31-35)28(36)33-20-12-10-19(30)11-13-20/h4-16,26,32H,1-3H3,(H,33,36)(H,34,37)/t26-/m1/s1. The van der Waals surface area contributed by atoms with Crippen LogP contribution in [-0.4, -0.2) is 35.8 Å². The van der Waals surface area contributed by atoms with Crippen LogP contribution in [0.15, 0.2) is 90.3 Å². The lowest BCUT2D eigenvalue weighted by Gasteiger charge is -2.30. The molecule has 5 rings (SSSR count). The minimum absolute atomic E-state index is 0.265. The highest BCUT2D eigenvalue weighted by Gasteiger charge is 2.35. The third kappa shape index (κ3) is 5.04. The fraction of sp³-hybridized carbons (Fsp3) is 0.138. The Kier molecular flexibility index (Phi) is 7.00. The second kappa shape index (κ2) is 10.7. The number of para-hydroxylation sites is 2. The fourth-order valence-electron chi connectivity index (χ4n) is 4.48. The summed E-state index contributed by atoms with van der Waals surface area (Å²) in [6.45, 7) is 1.77. The Balaban J connectivity index is 1.54. The first kappa shape index (κ1) is 25.5. The van der Waals surface area contributed by atoms with Crippen LogP contribution < -0.4 is 25.4 Å². The molecule has 2 heterocycles. The van der Waals surface area contributed by atoms with E-state index in [1.165, 1.54) is 37.6 Å². The molecule has 0 spiro atoms. The first-order valence-corrected chi connectivity index (χ1v) is 12.1. The number of methoxy groups -OCH3 is 2. The Hall–Kier alpha value is -5.12. The number of carbonyl (C=O) groups excluding carboxylic acids is 2. The zero-order valence-electron chi connectivity index (χ0n) is 21.5. The van der Waals surface area contributed by atoms with Gasteiger partial charge in [0.15, 0.2) is 0 Å². The predicted octanol–water partition coefficient (Wildman–Crippen LogP) is 5.22. The van der Waals surface area contributed by atoms with Crippen LogP contribution in [0.25, 0.3) is 0 Å². The van der Waals surface area contributed by atoms with Gasteiger partial charge in [-0.25, -0.2) is 9.07 Å². The summed E-state index contributed by atoms with van der Waals surface area (Å²) in [5.41, 5.74) is 2.94. The van der Waals surface area contributed by atoms with Crippen molar-refractivity contribution in [3.63, 3.8) is 0 Å². The van der Waals surface area contributed by atoms with Crippen molar-refractivity contribution >= 4 is 29.0 Å². The van der Waals surface area contributed by atoms with Gasteiger partial charge in [0, 0.05) is 11.4 Å². The highest BCUT2D eigenvalue weighted by molar-refractivity contribution is 6.09. The second-order valence-electron chi connectivity index (χ2n) is 8.81. The largest absolute Gasteiger partial charge is 0.497 e. The van der Waals surface area contributed by atoms with Crippen LogP contribution in [0.4, 0.5) is 21.6 Å². The highest BCUT2D eigenvalue weighted by atomic mass is 19.1. The van der Waals surface area contributed by atoms with Gasteiger partial charge < -0.3 is 25.4 Å². The first-order valence-electron chi connectivity index (χ1n) is 12.1. The lowest BCUT2D eigenvalue weighted by molar-refractivity contribution is -0.113. The van der Waals surface area contributed by atoms with Gasteiger partial charge in [0.1, 0.15) is 34.7 Å². The minimum Gasteiger partial charge on any atom is -0.497 e. The minimum atomic E-state index is -0.658. The van der Waals surface area contributed by atoms with Crippen molar-refractivity contribution < 1.29 is 23.5 Å². The molecule has 1 aromatic heterocycles. The average Bonchev–Trinajstić information content (AvgIpc) is 3.37. The summed E-state index contributed by atoms with van der Waals surface area (Å²) >= 11 is 0. The lowest BCUT2D eigenvalue weighted by Crippen LogP contribution is -2.32. The molecule has 0 aliphatic carbocycles. The number of fused-ring (bicyclic) bond motifs is 1. The van der Waals surface area contributed by atoms with Gasteiger partial charge in [0.25, 0.3) is 11.8 Å². The summed E-state index contributed by atoms with van der Waals surface area (Å²) in [5, 5.41) is 13.4. The maximum atomic E-state index is 13.7. The highest BCUT2D eigenvalue weighted by Crippen LogP contribution is 2.39. The van der Waals surface area contributed by atoms with Gasteiger partial charge >= 0.3 is 0 Å². The molecule has 0 fully saturated rings. The van der Waals surface area contributed by atoms with Crippen molar-refractivity contribution in [3.8, 4) is 11.5 Å². The van der Waals surface area contributed by atoms with Crippen LogP contribution >= 0.6 is 0 Å². The smallest absolute Gasteiger partial charge is 0.261 e. The topological polar surface area (TPSA) is 107 Å². The fourth-order valence-corrected chi connectivity index (χ4v) is 4.48. The second-order valence-corrected chi connectivity index (χ2v) is 8.81. The molecule has 1 atom stereocenters. The summed E-state index contributed by atoms with van der Waals surface area (Å²) in [5.74, 6) is 0.408. The van der Waals surface area contributed by atoms with E-state index in [0.717, 1.165) is 5.56 Å². The third-order valence-electron chi connectivity index (χ3n) is 6.40. The number of allylic oxidation sites excluding steroid dienone is 1. The van der Waals surface area contributed by atoms with Crippen LogP contribution in [-0.2, 0) is 4.79 Å². The maximum Gasteiger partial charge on any atom is 0.261 e. The Morgan fingerprint density at radius 2 is 1.64 bits per heavy atom. The molecule has 0 saturated carbocycles. The van der Waals surface area contributed by atoms with Crippen LogP contribution in [0.5, 0.6) is 11.5 Å². The molecule has 0 bridgehead atoms. The van der Waals surface area contributed by atoms with Crippen molar-refractivity contribution in [2.45, 2.75) is 13.0 Å². The molecular weight excluding hydrogens is 501 g/mol. The van der Waals surface area contributed by atoms with E-state index < -0.39 is 17.8 Å². The number of carbonyl (C=O) groups is 2. The van der Waals surface area contributed by atoms with E-state index in [1.54, 1.807) is 49.0 Å². The van der Waals surface area contributed by atoms with E-state index in [4.69, 9.17) is 9.47 Å². The number of nitrogens with one attached hydrogen (secondary N) is 3. The number of halogens is 1. The molecule has 3 aromatic carbocycles. The molecule has 4 aromatic rings. The molecular formula is C29H26FN5O4. The van der Waals surface area contributed by atoms with E-state index in [0.29, 0.717) is 40.0 Å². The first-order chi connectivity index (χ1) is 18.9. The molecule has 3 N–H and O–H groups in total. The number of ether oxygens (including phenoxy) is 2. The van der Waals surface area contributed by atoms with Crippen molar-refractivity contribution in [3.05, 3.63) is 107 Å². The third-order valence-corrected chi connectivity index (χ3v) is 6.40. The molecule has 2 amide bonds. The molecule has 198 valence electrons. The van der Waals surface area contributed by atoms with Crippen molar-refractivity contribution in [2.75, 3.05) is 30.2 Å². The molecule has 10 heteroatoms. The van der Waals surface area contributed by atoms with Gasteiger partial charge in [-0.1, -0.05) is 24.3 Å². The zero-order chi connectivity index (χ0) is 27.5. The van der Waals surface area contributed by atoms with E-state index in [9.17, 15) is 14.0 Å². The molecule has 0 unspecified atom stereocenters. The lowest BCUT2D eigenvalue weighted by atomic mass is 9.94. The summed E-state index contributed by atoms with van der Waals surface area (Å²) in [6.07, 6.45) is 1.44. The van der Waals surface area contributed by atoms with Gasteiger partial charge in [-0.3, -0.25) is 9.59 Å². The number of anilines is 3. The van der Waals surface area contributed by atoms with Gasteiger partial charge in [-0.15, -0.1) is 0 Å². The molecule has 0 saturated heterocycles. The number of nitrogens with zero attached hydrogens (tertiary/aromatic N) is 2. The van der Waals surface area contributed by atoms with Crippen LogP contribution in [0.3, 0.4) is 0 Å². The summed E-state index contributed by atoms with van der Waals surface area (Å²) < 4.78 is 25.6. The molecule has 1 aliphatic heterocycles. The molecule has 9 nitrogen and oxygen atoms in total. The van der Waals surface area contributed by atoms with Gasteiger partial charge in [-0.05, 0) is 61.0 Å². The summed E-state index contributed by atoms with van der Waals surface area (Å²) in [6, 6.07) is 19.2. The van der Waals surface area contributed by atoms with Gasteiger partial charge in [0.2, 0.25) is 0 Å². The maximum absolute atomic E-state index is 13.7. The van der Waals surface area contributed by atoms with E-state index in [-0.39, 0.29) is 11.5 Å². The van der Waals surface area contributed by atoms with Crippen molar-refractivity contribution in [1.29, 1.82) is 0 Å². The summed E-state index contributed by atoms with van der Waals surface area (Å²) in [4.78, 5) is 26.9. The normalized spacial score (nSPS) is 14.2. The number of hydrogen-bond acceptors (Lipinski definition) is 6. The summed E-state index contributed by atoms with van der Waals surface area (Å²) in [7, 11) is 3.11. The van der Waals surface area contributed by atoms with E-state index in [2.05, 4.69) is 21.0 Å². The number of rotatable bonds is 7. The van der Waals surface area contributed by atoms with Gasteiger partial charge in [0.05, 0.1) is 31.7 Å². The Morgan fingerprint density at radius 3 is 2.33 bits per heavy atom. The number of benzene rings is 3. The predicted molar refractivity (Wildman–Crippen MR) is 146 cm³/mol. The Bertz CT molecular complexity index is 1560. The monoisotopic (exact) mass is 527 g/mol. The number of hydrogen-bond donors (Lipinski definition) is 3. The number of amides is 2. The quantitative estimate of drug-likeness (QED) is 0.304. The van der Waals surface area contributed by atoms with Crippen LogP contribution in [0.2, 0.25) is 0 Å². The van der Waals surface area contributed by atoms with E-state index in [1.807, 2.05) is 18.2 Å². The Morgan fingerprint density at radius 1 is 0.923 bits per heavy atom. The zero-order valence-corrected chi connectivity index (χ0v) is 21.5. The molecule has 1 aliphatic rings. The van der Waals surface area contributed by atoms with Crippen LogP contribution in [0, 0.1) is 5.82 Å². The van der Waals surface area contributed by atoms with E-state index >= 15 is 0 Å².